The molecule has 0 saturated heterocycles. The summed E-state index contributed by atoms with van der Waals surface area (Å²) >= 11 is 1.20. The molecule has 0 saturated carbocycles. The Kier molecular flexibility index (Phi) is 6.62. The van der Waals surface area contributed by atoms with E-state index in [1.807, 2.05) is 85.3 Å². The van der Waals surface area contributed by atoms with E-state index in [9.17, 15) is 10.1 Å². The zero-order valence-electron chi connectivity index (χ0n) is 18.1. The number of nitrogens with zero attached hydrogens (tertiary/aromatic N) is 4. The van der Waals surface area contributed by atoms with Gasteiger partial charge in [0.25, 0.3) is 5.91 Å². The third kappa shape index (κ3) is 5.34. The first-order chi connectivity index (χ1) is 16.0. The zero-order valence-corrected chi connectivity index (χ0v) is 19.0. The summed E-state index contributed by atoms with van der Waals surface area (Å²) in [6.45, 7) is 4.31. The molecule has 0 aliphatic carbocycles. The molecule has 0 fully saturated rings. The van der Waals surface area contributed by atoms with Gasteiger partial charge < -0.3 is 9.30 Å². The van der Waals surface area contributed by atoms with Crippen LogP contribution in [0.3, 0.4) is 0 Å². The predicted molar refractivity (Wildman–Crippen MR) is 128 cm³/mol. The van der Waals surface area contributed by atoms with E-state index in [2.05, 4.69) is 21.6 Å². The fraction of sp³-hybridized carbons (Fsp3) is 0.120. The van der Waals surface area contributed by atoms with Gasteiger partial charge >= 0.3 is 0 Å². The maximum Gasteiger partial charge on any atom is 0.268 e. The number of amides is 1. The molecule has 0 radical (unpaired) electrons. The molecule has 0 aliphatic heterocycles. The fourth-order valence-electron chi connectivity index (χ4n) is 3.29. The van der Waals surface area contributed by atoms with E-state index in [0.717, 1.165) is 22.7 Å². The highest BCUT2D eigenvalue weighted by atomic mass is 32.1. The van der Waals surface area contributed by atoms with Gasteiger partial charge in [-0.15, -0.1) is 10.2 Å². The van der Waals surface area contributed by atoms with Gasteiger partial charge in [-0.05, 0) is 55.8 Å². The van der Waals surface area contributed by atoms with Gasteiger partial charge in [0.05, 0.1) is 0 Å². The van der Waals surface area contributed by atoms with Gasteiger partial charge in [-0.25, -0.2) is 0 Å². The minimum atomic E-state index is -0.544. The molecular weight excluding hydrogens is 434 g/mol. The second-order valence-electron chi connectivity index (χ2n) is 7.32. The summed E-state index contributed by atoms with van der Waals surface area (Å²) in [5.74, 6) is 0.178. The quantitative estimate of drug-likeness (QED) is 0.310. The SMILES string of the molecule is Cc1ccc(-n2cccc2/C=C(/C#N)C(=O)Nc2nnc(COc3ccccc3)s2)c(C)c1. The van der Waals surface area contributed by atoms with Crippen LogP contribution >= 0.6 is 11.3 Å². The average molecular weight is 456 g/mol. The standard InChI is InChI=1S/C25H21N5O2S/c1-17-10-11-22(18(2)13-17)30-12-6-7-20(30)14-19(15-26)24(31)27-25-29-28-23(33-25)16-32-21-8-4-3-5-9-21/h3-14H,16H2,1-2H3,(H,27,29,31)/b19-14-. The highest BCUT2D eigenvalue weighted by Crippen LogP contribution is 2.22. The van der Waals surface area contributed by atoms with Crippen LogP contribution < -0.4 is 10.1 Å². The first-order valence-corrected chi connectivity index (χ1v) is 11.0. The lowest BCUT2D eigenvalue weighted by molar-refractivity contribution is -0.112. The minimum Gasteiger partial charge on any atom is -0.486 e. The molecule has 2 aromatic heterocycles. The Hall–Kier alpha value is -4.22. The van der Waals surface area contributed by atoms with Crippen molar-refractivity contribution in [3.8, 4) is 17.5 Å². The first kappa shape index (κ1) is 22.0. The van der Waals surface area contributed by atoms with Crippen molar-refractivity contribution in [3.05, 3.63) is 94.3 Å². The van der Waals surface area contributed by atoms with Gasteiger partial charge in [-0.1, -0.05) is 47.2 Å². The van der Waals surface area contributed by atoms with Gasteiger partial charge in [0.1, 0.15) is 24.0 Å². The Balaban J connectivity index is 1.47. The van der Waals surface area contributed by atoms with Crippen molar-refractivity contribution < 1.29 is 9.53 Å². The summed E-state index contributed by atoms with van der Waals surface area (Å²) in [6, 6.07) is 21.2. The Morgan fingerprint density at radius 1 is 1.15 bits per heavy atom. The summed E-state index contributed by atoms with van der Waals surface area (Å²) in [5, 5.41) is 21.2. The van der Waals surface area contributed by atoms with Crippen LogP contribution in [0.5, 0.6) is 5.75 Å². The van der Waals surface area contributed by atoms with Crippen LogP contribution in [0.25, 0.3) is 11.8 Å². The molecule has 1 amide bonds. The van der Waals surface area contributed by atoms with Crippen molar-refractivity contribution >= 4 is 28.5 Å². The molecule has 1 N–H and O–H groups in total. The minimum absolute atomic E-state index is 0.0306. The molecule has 0 atom stereocenters. The summed E-state index contributed by atoms with van der Waals surface area (Å²) in [4.78, 5) is 12.7. The molecular formula is C25H21N5O2S. The molecule has 0 aliphatic rings. The van der Waals surface area contributed by atoms with E-state index in [1.54, 1.807) is 6.08 Å². The predicted octanol–water partition coefficient (Wildman–Crippen LogP) is 5.07. The molecule has 164 valence electrons. The molecule has 0 bridgehead atoms. The Morgan fingerprint density at radius 2 is 1.97 bits per heavy atom. The highest BCUT2D eigenvalue weighted by Gasteiger charge is 2.15. The van der Waals surface area contributed by atoms with Gasteiger partial charge in [0, 0.05) is 17.6 Å². The molecule has 7 nitrogen and oxygen atoms in total. The maximum absolute atomic E-state index is 12.7. The number of aryl methyl sites for hydroxylation is 2. The van der Waals surface area contributed by atoms with E-state index in [0.29, 0.717) is 10.1 Å². The van der Waals surface area contributed by atoms with Crippen LogP contribution in [0, 0.1) is 25.2 Å². The smallest absolute Gasteiger partial charge is 0.268 e. The second-order valence-corrected chi connectivity index (χ2v) is 8.38. The van der Waals surface area contributed by atoms with Crippen molar-refractivity contribution in [1.82, 2.24) is 14.8 Å². The molecule has 2 heterocycles. The number of aromatic nitrogens is 3. The van der Waals surface area contributed by atoms with E-state index in [4.69, 9.17) is 4.74 Å². The molecule has 0 spiro atoms. The van der Waals surface area contributed by atoms with E-state index < -0.39 is 5.91 Å². The number of nitriles is 1. The summed E-state index contributed by atoms with van der Waals surface area (Å²) in [7, 11) is 0. The first-order valence-electron chi connectivity index (χ1n) is 10.2. The lowest BCUT2D eigenvalue weighted by Crippen LogP contribution is -2.13. The Morgan fingerprint density at radius 3 is 2.73 bits per heavy atom. The third-order valence-electron chi connectivity index (χ3n) is 4.84. The van der Waals surface area contributed by atoms with Crippen LogP contribution in [0.15, 0.2) is 72.4 Å². The van der Waals surface area contributed by atoms with Gasteiger partial charge in [0.2, 0.25) is 5.13 Å². The third-order valence-corrected chi connectivity index (χ3v) is 5.65. The van der Waals surface area contributed by atoms with Crippen molar-refractivity contribution in [2.45, 2.75) is 20.5 Å². The molecule has 4 aromatic rings. The number of hydrogen-bond acceptors (Lipinski definition) is 6. The zero-order chi connectivity index (χ0) is 23.2. The number of benzene rings is 2. The molecule has 0 unspecified atom stereocenters. The monoisotopic (exact) mass is 455 g/mol. The summed E-state index contributed by atoms with van der Waals surface area (Å²) in [5.41, 5.74) is 3.95. The fourth-order valence-corrected chi connectivity index (χ4v) is 3.94. The van der Waals surface area contributed by atoms with Crippen LogP contribution in [0.4, 0.5) is 5.13 Å². The largest absolute Gasteiger partial charge is 0.486 e. The number of carbonyl (C=O) groups is 1. The molecule has 8 heteroatoms. The lowest BCUT2D eigenvalue weighted by Gasteiger charge is -2.11. The number of anilines is 1. The van der Waals surface area contributed by atoms with Gasteiger partial charge in [-0.2, -0.15) is 5.26 Å². The Labute approximate surface area is 195 Å². The highest BCUT2D eigenvalue weighted by molar-refractivity contribution is 7.15. The summed E-state index contributed by atoms with van der Waals surface area (Å²) < 4.78 is 7.60. The maximum atomic E-state index is 12.7. The van der Waals surface area contributed by atoms with Crippen LogP contribution in [0.2, 0.25) is 0 Å². The van der Waals surface area contributed by atoms with Crippen molar-refractivity contribution in [2.24, 2.45) is 0 Å². The number of carbonyl (C=O) groups excluding carboxylic acids is 1. The number of nitrogens with one attached hydrogen (secondary N) is 1. The van der Waals surface area contributed by atoms with E-state index in [1.165, 1.54) is 16.9 Å². The average Bonchev–Trinajstić information content (AvgIpc) is 3.46. The molecule has 2 aromatic carbocycles. The lowest BCUT2D eigenvalue weighted by atomic mass is 10.1. The van der Waals surface area contributed by atoms with E-state index >= 15 is 0 Å². The normalized spacial score (nSPS) is 11.1. The van der Waals surface area contributed by atoms with Gasteiger partial charge in [0.15, 0.2) is 5.01 Å². The van der Waals surface area contributed by atoms with E-state index in [-0.39, 0.29) is 12.2 Å². The van der Waals surface area contributed by atoms with Gasteiger partial charge in [-0.3, -0.25) is 10.1 Å². The number of para-hydroxylation sites is 1. The number of rotatable bonds is 7. The Bertz CT molecular complexity index is 1350. The molecule has 33 heavy (non-hydrogen) atoms. The molecule has 4 rings (SSSR count). The second kappa shape index (κ2) is 9.94. The summed E-state index contributed by atoms with van der Waals surface area (Å²) in [6.07, 6.45) is 3.47. The van der Waals surface area contributed by atoms with Crippen molar-refractivity contribution in [3.63, 3.8) is 0 Å². The van der Waals surface area contributed by atoms with Crippen molar-refractivity contribution in [1.29, 1.82) is 5.26 Å². The van der Waals surface area contributed by atoms with Crippen LogP contribution in [-0.2, 0) is 11.4 Å². The van der Waals surface area contributed by atoms with Crippen molar-refractivity contribution in [2.75, 3.05) is 5.32 Å². The topological polar surface area (TPSA) is 92.8 Å². The van der Waals surface area contributed by atoms with Crippen LogP contribution in [-0.4, -0.2) is 20.7 Å². The van der Waals surface area contributed by atoms with Crippen LogP contribution in [0.1, 0.15) is 21.8 Å². The number of ether oxygens (including phenoxy) is 1. The number of hydrogen-bond donors (Lipinski definition) is 1.